The first kappa shape index (κ1) is 24.2. The van der Waals surface area contributed by atoms with E-state index >= 15 is 0 Å². The molecule has 0 bridgehead atoms. The molecule has 0 spiro atoms. The summed E-state index contributed by atoms with van der Waals surface area (Å²) in [5.41, 5.74) is 0. The van der Waals surface area contributed by atoms with Gasteiger partial charge in [-0.15, -0.1) is 24.0 Å². The van der Waals surface area contributed by atoms with Gasteiger partial charge in [-0.1, -0.05) is 0 Å². The molecule has 2 N–H and O–H groups in total. The largest absolute Gasteiger partial charge is 0.381 e. The highest BCUT2D eigenvalue weighted by molar-refractivity contribution is 14.0. The molecule has 7 heteroatoms. The van der Waals surface area contributed by atoms with Crippen molar-refractivity contribution in [3.05, 3.63) is 0 Å². The van der Waals surface area contributed by atoms with Crippen LogP contribution in [0, 0.1) is 11.8 Å². The summed E-state index contributed by atoms with van der Waals surface area (Å²) in [4.78, 5) is 7.40. The molecule has 28 heavy (non-hydrogen) atoms. The smallest absolute Gasteiger partial charge is 0.191 e. The second-order valence-electron chi connectivity index (χ2n) is 8.34. The van der Waals surface area contributed by atoms with Crippen LogP contribution in [-0.4, -0.2) is 76.1 Å². The molecule has 0 aromatic carbocycles. The molecular weight excluding hydrogens is 467 g/mol. The van der Waals surface area contributed by atoms with Crippen LogP contribution in [0.1, 0.15) is 51.9 Å². The van der Waals surface area contributed by atoms with Crippen molar-refractivity contribution in [2.24, 2.45) is 16.8 Å². The predicted octanol–water partition coefficient (Wildman–Crippen LogP) is 2.87. The minimum Gasteiger partial charge on any atom is -0.381 e. The number of rotatable bonds is 13. The SMILES string of the molecule is CCNC(=NCCCOCC1CCOCC1)NCCN(CC1CC1)C1CC1.I. The van der Waals surface area contributed by atoms with Crippen molar-refractivity contribution < 1.29 is 9.47 Å². The van der Waals surface area contributed by atoms with Gasteiger partial charge < -0.3 is 20.1 Å². The zero-order valence-electron chi connectivity index (χ0n) is 17.7. The predicted molar refractivity (Wildman–Crippen MR) is 126 cm³/mol. The molecule has 1 heterocycles. The Morgan fingerprint density at radius 1 is 1.07 bits per heavy atom. The first-order valence-electron chi connectivity index (χ1n) is 11.3. The van der Waals surface area contributed by atoms with Crippen molar-refractivity contribution in [3.8, 4) is 0 Å². The Bertz CT molecular complexity index is 438. The van der Waals surface area contributed by atoms with Gasteiger partial charge in [0.25, 0.3) is 0 Å². The number of nitrogens with zero attached hydrogens (tertiary/aromatic N) is 2. The summed E-state index contributed by atoms with van der Waals surface area (Å²) in [6.45, 7) is 10.7. The number of guanidine groups is 1. The summed E-state index contributed by atoms with van der Waals surface area (Å²) in [6.07, 6.45) is 8.95. The fourth-order valence-corrected chi connectivity index (χ4v) is 3.67. The summed E-state index contributed by atoms with van der Waals surface area (Å²) >= 11 is 0. The van der Waals surface area contributed by atoms with Crippen LogP contribution in [0.4, 0.5) is 0 Å². The fourth-order valence-electron chi connectivity index (χ4n) is 3.67. The number of hydrogen-bond acceptors (Lipinski definition) is 4. The average molecular weight is 508 g/mol. The Balaban J connectivity index is 0.00000280. The number of halogens is 1. The van der Waals surface area contributed by atoms with Gasteiger partial charge in [0.15, 0.2) is 5.96 Å². The molecule has 2 saturated carbocycles. The van der Waals surface area contributed by atoms with Crippen LogP contribution in [0.15, 0.2) is 4.99 Å². The van der Waals surface area contributed by atoms with E-state index < -0.39 is 0 Å². The molecule has 0 amide bonds. The first-order valence-corrected chi connectivity index (χ1v) is 11.3. The minimum absolute atomic E-state index is 0. The van der Waals surface area contributed by atoms with Crippen LogP contribution in [0.5, 0.6) is 0 Å². The van der Waals surface area contributed by atoms with E-state index in [-0.39, 0.29) is 24.0 Å². The summed E-state index contributed by atoms with van der Waals surface area (Å²) in [5, 5.41) is 6.88. The number of hydrogen-bond donors (Lipinski definition) is 2. The van der Waals surface area contributed by atoms with Gasteiger partial charge in [-0.25, -0.2) is 0 Å². The van der Waals surface area contributed by atoms with E-state index in [1.165, 1.54) is 32.2 Å². The number of nitrogens with one attached hydrogen (secondary N) is 2. The van der Waals surface area contributed by atoms with Gasteiger partial charge in [-0.05, 0) is 63.7 Å². The third-order valence-electron chi connectivity index (χ3n) is 5.70. The lowest BCUT2D eigenvalue weighted by atomic mass is 10.0. The third-order valence-corrected chi connectivity index (χ3v) is 5.70. The topological polar surface area (TPSA) is 58.1 Å². The molecule has 2 aliphatic carbocycles. The summed E-state index contributed by atoms with van der Waals surface area (Å²) in [5.74, 6) is 2.61. The average Bonchev–Trinajstić information content (AvgIpc) is 3.58. The van der Waals surface area contributed by atoms with Gasteiger partial charge in [0.2, 0.25) is 0 Å². The Morgan fingerprint density at radius 2 is 1.86 bits per heavy atom. The van der Waals surface area contributed by atoms with E-state index in [2.05, 4.69) is 22.5 Å². The van der Waals surface area contributed by atoms with Gasteiger partial charge in [0, 0.05) is 65.2 Å². The van der Waals surface area contributed by atoms with E-state index in [9.17, 15) is 0 Å². The molecule has 3 aliphatic rings. The van der Waals surface area contributed by atoms with Crippen LogP contribution in [0.2, 0.25) is 0 Å². The van der Waals surface area contributed by atoms with Gasteiger partial charge in [0.05, 0.1) is 0 Å². The highest BCUT2D eigenvalue weighted by atomic mass is 127. The fraction of sp³-hybridized carbons (Fsp3) is 0.952. The molecule has 0 unspecified atom stereocenters. The normalized spacial score (nSPS) is 20.9. The molecule has 3 rings (SSSR count). The van der Waals surface area contributed by atoms with Crippen molar-refractivity contribution in [1.29, 1.82) is 0 Å². The van der Waals surface area contributed by atoms with Crippen molar-refractivity contribution in [1.82, 2.24) is 15.5 Å². The third kappa shape index (κ3) is 10.1. The second kappa shape index (κ2) is 14.0. The lowest BCUT2D eigenvalue weighted by Gasteiger charge is -2.22. The molecule has 0 atom stereocenters. The molecule has 1 saturated heterocycles. The maximum Gasteiger partial charge on any atom is 0.191 e. The minimum atomic E-state index is 0. The molecular formula is C21H41IN4O2. The van der Waals surface area contributed by atoms with Gasteiger partial charge >= 0.3 is 0 Å². The Morgan fingerprint density at radius 3 is 2.54 bits per heavy atom. The van der Waals surface area contributed by atoms with Crippen molar-refractivity contribution in [3.63, 3.8) is 0 Å². The van der Waals surface area contributed by atoms with E-state index in [1.807, 2.05) is 0 Å². The summed E-state index contributed by atoms with van der Waals surface area (Å²) < 4.78 is 11.2. The lowest BCUT2D eigenvalue weighted by molar-refractivity contribution is 0.0205. The lowest BCUT2D eigenvalue weighted by Crippen LogP contribution is -2.42. The van der Waals surface area contributed by atoms with Gasteiger partial charge in [-0.3, -0.25) is 9.89 Å². The molecule has 164 valence electrons. The Labute approximate surface area is 188 Å². The monoisotopic (exact) mass is 508 g/mol. The highest BCUT2D eigenvalue weighted by Gasteiger charge is 2.33. The molecule has 3 fully saturated rings. The maximum atomic E-state index is 5.83. The summed E-state index contributed by atoms with van der Waals surface area (Å²) in [6, 6.07) is 0.861. The van der Waals surface area contributed by atoms with Crippen molar-refractivity contribution in [2.45, 2.75) is 57.9 Å². The quantitative estimate of drug-likeness (QED) is 0.174. The van der Waals surface area contributed by atoms with Crippen LogP contribution in [0.25, 0.3) is 0 Å². The molecule has 6 nitrogen and oxygen atoms in total. The summed E-state index contributed by atoms with van der Waals surface area (Å²) in [7, 11) is 0. The van der Waals surface area contributed by atoms with Crippen molar-refractivity contribution in [2.75, 3.05) is 59.2 Å². The van der Waals surface area contributed by atoms with E-state index in [1.54, 1.807) is 0 Å². The standard InChI is InChI=1S/C21H40N4O2.HI/c1-2-22-21(23-10-3-13-27-17-19-8-14-26-15-9-19)24-11-12-25(20-6-7-20)16-18-4-5-18;/h18-20H,2-17H2,1H3,(H2,22,23,24);1H. The number of aliphatic imine (C=N–C) groups is 1. The van der Waals surface area contributed by atoms with Crippen LogP contribution >= 0.6 is 24.0 Å². The van der Waals surface area contributed by atoms with E-state index in [4.69, 9.17) is 14.5 Å². The zero-order chi connectivity index (χ0) is 18.7. The second-order valence-corrected chi connectivity index (χ2v) is 8.34. The van der Waals surface area contributed by atoms with E-state index in [0.29, 0.717) is 5.92 Å². The Kier molecular flexibility index (Phi) is 12.1. The molecule has 0 aromatic heterocycles. The molecule has 0 aromatic rings. The van der Waals surface area contributed by atoms with Gasteiger partial charge in [0.1, 0.15) is 0 Å². The van der Waals surface area contributed by atoms with Crippen LogP contribution in [-0.2, 0) is 9.47 Å². The Hall–Kier alpha value is -0.120. The highest BCUT2D eigenvalue weighted by Crippen LogP contribution is 2.34. The zero-order valence-corrected chi connectivity index (χ0v) is 20.0. The molecule has 1 aliphatic heterocycles. The van der Waals surface area contributed by atoms with Gasteiger partial charge in [-0.2, -0.15) is 0 Å². The number of ether oxygens (including phenoxy) is 2. The molecule has 0 radical (unpaired) electrons. The first-order chi connectivity index (χ1) is 13.3. The van der Waals surface area contributed by atoms with E-state index in [0.717, 1.165) is 89.8 Å². The van der Waals surface area contributed by atoms with Crippen LogP contribution < -0.4 is 10.6 Å². The van der Waals surface area contributed by atoms with Crippen molar-refractivity contribution >= 4 is 29.9 Å². The van der Waals surface area contributed by atoms with Crippen LogP contribution in [0.3, 0.4) is 0 Å². The maximum absolute atomic E-state index is 5.83.